The second-order valence-electron chi connectivity index (χ2n) is 21.3. The minimum absolute atomic E-state index is 0.0882. The summed E-state index contributed by atoms with van der Waals surface area (Å²) in [5.41, 5.74) is 0. The lowest BCUT2D eigenvalue weighted by atomic mass is 10.0. The first-order valence-electron chi connectivity index (χ1n) is 32.5. The van der Waals surface area contributed by atoms with Gasteiger partial charge in [0, 0.05) is 19.3 Å². The third-order valence-electron chi connectivity index (χ3n) is 13.7. The summed E-state index contributed by atoms with van der Waals surface area (Å²) in [6.07, 6.45) is 90.6. The second-order valence-corrected chi connectivity index (χ2v) is 21.3. The molecule has 1 atom stereocenters. The van der Waals surface area contributed by atoms with Crippen LogP contribution in [-0.4, -0.2) is 37.2 Å². The maximum Gasteiger partial charge on any atom is 0.306 e. The van der Waals surface area contributed by atoms with Crippen molar-refractivity contribution < 1.29 is 28.6 Å². The van der Waals surface area contributed by atoms with Crippen LogP contribution in [0.3, 0.4) is 0 Å². The Bertz CT molecular complexity index is 1620. The molecule has 6 heteroatoms. The molecule has 1 unspecified atom stereocenters. The van der Waals surface area contributed by atoms with Crippen LogP contribution in [0, 0.1) is 0 Å². The predicted molar refractivity (Wildman–Crippen MR) is 339 cm³/mol. The Kier molecular flexibility index (Phi) is 61.8. The summed E-state index contributed by atoms with van der Waals surface area (Å²) >= 11 is 0. The van der Waals surface area contributed by atoms with Crippen LogP contribution in [0.2, 0.25) is 0 Å². The molecule has 0 saturated heterocycles. The Labute approximate surface area is 482 Å². The summed E-state index contributed by atoms with van der Waals surface area (Å²) in [7, 11) is 0. The van der Waals surface area contributed by atoms with E-state index in [0.717, 1.165) is 141 Å². The van der Waals surface area contributed by atoms with Crippen molar-refractivity contribution in [3.63, 3.8) is 0 Å². The average molecular weight is 1080 g/mol. The van der Waals surface area contributed by atoms with E-state index in [1.165, 1.54) is 116 Å². The standard InChI is InChI=1S/C72H120O6/c1-4-7-10-13-16-19-22-25-28-30-31-32-33-34-35-36-37-38-39-40-41-43-44-47-50-53-56-59-62-65-71(74)77-68-69(67-76-70(73)64-61-58-55-52-49-46-27-24-21-18-15-12-9-6-3)78-72(75)66-63-60-57-54-51-48-45-42-29-26-23-20-17-14-11-8-5-2/h7-8,10-11,15-20,24-29,31-32,34-35,69H,4-6,9,12-14,21-23,30,33,36-68H2,1-3H3/b10-7-,11-8-,18-15-,19-16-,20-17-,27-24-,28-25-,29-26-,32-31-,35-34-. The van der Waals surface area contributed by atoms with Crippen molar-refractivity contribution in [1.29, 1.82) is 0 Å². The monoisotopic (exact) mass is 1080 g/mol. The second kappa shape index (κ2) is 65.3. The van der Waals surface area contributed by atoms with E-state index in [-0.39, 0.29) is 31.1 Å². The van der Waals surface area contributed by atoms with Crippen LogP contribution in [0.4, 0.5) is 0 Å². The quantitative estimate of drug-likeness (QED) is 0.0261. The normalized spacial score (nSPS) is 12.9. The van der Waals surface area contributed by atoms with Gasteiger partial charge in [-0.1, -0.05) is 277 Å². The Morgan fingerprint density at radius 3 is 0.782 bits per heavy atom. The highest BCUT2D eigenvalue weighted by molar-refractivity contribution is 5.71. The van der Waals surface area contributed by atoms with Gasteiger partial charge >= 0.3 is 17.9 Å². The van der Waals surface area contributed by atoms with E-state index in [4.69, 9.17) is 14.2 Å². The summed E-state index contributed by atoms with van der Waals surface area (Å²) in [5.74, 6) is -0.908. The number of rotatable bonds is 58. The van der Waals surface area contributed by atoms with Crippen molar-refractivity contribution >= 4 is 17.9 Å². The molecule has 0 aliphatic rings. The first-order valence-corrected chi connectivity index (χ1v) is 32.5. The molecule has 0 N–H and O–H groups in total. The van der Waals surface area contributed by atoms with Gasteiger partial charge in [-0.25, -0.2) is 0 Å². The van der Waals surface area contributed by atoms with Crippen LogP contribution in [0.1, 0.15) is 297 Å². The maximum absolute atomic E-state index is 12.9. The first kappa shape index (κ1) is 73.8. The van der Waals surface area contributed by atoms with Crippen molar-refractivity contribution in [2.75, 3.05) is 13.2 Å². The molecule has 0 aliphatic heterocycles. The van der Waals surface area contributed by atoms with E-state index < -0.39 is 6.10 Å². The van der Waals surface area contributed by atoms with Crippen molar-refractivity contribution in [3.05, 3.63) is 122 Å². The van der Waals surface area contributed by atoms with Crippen molar-refractivity contribution in [3.8, 4) is 0 Å². The van der Waals surface area contributed by atoms with Crippen LogP contribution >= 0.6 is 0 Å². The van der Waals surface area contributed by atoms with E-state index in [1.54, 1.807) is 0 Å². The zero-order chi connectivity index (χ0) is 56.4. The molecule has 6 nitrogen and oxygen atoms in total. The van der Waals surface area contributed by atoms with E-state index in [9.17, 15) is 14.4 Å². The van der Waals surface area contributed by atoms with Gasteiger partial charge in [0.25, 0.3) is 0 Å². The summed E-state index contributed by atoms with van der Waals surface area (Å²) in [6.45, 7) is 6.37. The lowest BCUT2D eigenvalue weighted by Gasteiger charge is -2.18. The highest BCUT2D eigenvalue weighted by Gasteiger charge is 2.19. The number of hydrogen-bond acceptors (Lipinski definition) is 6. The van der Waals surface area contributed by atoms with E-state index in [2.05, 4.69) is 142 Å². The third-order valence-corrected chi connectivity index (χ3v) is 13.7. The fraction of sp³-hybridized carbons (Fsp3) is 0.681. The Balaban J connectivity index is 4.29. The van der Waals surface area contributed by atoms with Crippen LogP contribution in [0.5, 0.6) is 0 Å². The van der Waals surface area contributed by atoms with Crippen LogP contribution < -0.4 is 0 Å². The van der Waals surface area contributed by atoms with Crippen molar-refractivity contribution in [2.24, 2.45) is 0 Å². The molecule has 0 saturated carbocycles. The molecule has 444 valence electrons. The molecule has 78 heavy (non-hydrogen) atoms. The number of ether oxygens (including phenoxy) is 3. The molecule has 0 aliphatic carbocycles. The van der Waals surface area contributed by atoms with Crippen molar-refractivity contribution in [1.82, 2.24) is 0 Å². The maximum atomic E-state index is 12.9. The van der Waals surface area contributed by atoms with Gasteiger partial charge in [0.2, 0.25) is 0 Å². The number of unbranched alkanes of at least 4 members (excludes halogenated alkanes) is 27. The number of carbonyl (C=O) groups is 3. The van der Waals surface area contributed by atoms with Crippen molar-refractivity contribution in [2.45, 2.75) is 303 Å². The van der Waals surface area contributed by atoms with Crippen LogP contribution in [0.25, 0.3) is 0 Å². The minimum Gasteiger partial charge on any atom is -0.462 e. The molecule has 0 fully saturated rings. The van der Waals surface area contributed by atoms with E-state index in [1.807, 2.05) is 0 Å². The molecule has 0 aromatic heterocycles. The molecule has 0 aromatic carbocycles. The van der Waals surface area contributed by atoms with Gasteiger partial charge in [0.1, 0.15) is 13.2 Å². The average Bonchev–Trinajstić information content (AvgIpc) is 3.44. The smallest absolute Gasteiger partial charge is 0.306 e. The molecular formula is C72H120O6. The highest BCUT2D eigenvalue weighted by atomic mass is 16.6. The molecule has 0 heterocycles. The summed E-state index contributed by atoms with van der Waals surface area (Å²) < 4.78 is 16.9. The Morgan fingerprint density at radius 1 is 0.269 bits per heavy atom. The summed E-state index contributed by atoms with van der Waals surface area (Å²) in [4.78, 5) is 38.3. The Morgan fingerprint density at radius 2 is 0.500 bits per heavy atom. The van der Waals surface area contributed by atoms with E-state index >= 15 is 0 Å². The van der Waals surface area contributed by atoms with Gasteiger partial charge in [-0.3, -0.25) is 14.4 Å². The SMILES string of the molecule is CC/C=C\C/C=C\C/C=C\C/C=C\C/C=C\CCCCCCCCCCCCCCCC(=O)OCC(COC(=O)CCCCCCC/C=C\C/C=C\CCCC)OC(=O)CCCCCCCCC/C=C\C/C=C\C/C=C\CC. The van der Waals surface area contributed by atoms with E-state index in [0.29, 0.717) is 19.3 Å². The van der Waals surface area contributed by atoms with Gasteiger partial charge in [-0.15, -0.1) is 0 Å². The van der Waals surface area contributed by atoms with Gasteiger partial charge < -0.3 is 14.2 Å². The number of carbonyl (C=O) groups excluding carboxylic acids is 3. The number of allylic oxidation sites excluding steroid dienone is 20. The highest BCUT2D eigenvalue weighted by Crippen LogP contribution is 2.16. The first-order chi connectivity index (χ1) is 38.5. The third kappa shape index (κ3) is 62.7. The topological polar surface area (TPSA) is 78.9 Å². The zero-order valence-electron chi connectivity index (χ0n) is 50.9. The molecule has 0 aromatic rings. The molecule has 0 bridgehead atoms. The molecule has 0 amide bonds. The Hall–Kier alpha value is -4.19. The molecule has 0 spiro atoms. The largest absolute Gasteiger partial charge is 0.462 e. The molecular weight excluding hydrogens is 961 g/mol. The van der Waals surface area contributed by atoms with Gasteiger partial charge in [-0.05, 0) is 122 Å². The predicted octanol–water partition coefficient (Wildman–Crippen LogP) is 22.4. The van der Waals surface area contributed by atoms with Gasteiger partial charge in [-0.2, -0.15) is 0 Å². The summed E-state index contributed by atoms with van der Waals surface area (Å²) in [5, 5.41) is 0. The zero-order valence-corrected chi connectivity index (χ0v) is 50.9. The lowest BCUT2D eigenvalue weighted by molar-refractivity contribution is -0.167. The summed E-state index contributed by atoms with van der Waals surface area (Å²) in [6, 6.07) is 0. The lowest BCUT2D eigenvalue weighted by Crippen LogP contribution is -2.30. The van der Waals surface area contributed by atoms with Gasteiger partial charge in [0.15, 0.2) is 6.10 Å². The number of esters is 3. The van der Waals surface area contributed by atoms with Crippen LogP contribution in [-0.2, 0) is 28.6 Å². The fourth-order valence-corrected chi connectivity index (χ4v) is 8.85. The number of hydrogen-bond donors (Lipinski definition) is 0. The van der Waals surface area contributed by atoms with Gasteiger partial charge in [0.05, 0.1) is 0 Å². The molecule has 0 rings (SSSR count). The fourth-order valence-electron chi connectivity index (χ4n) is 8.85. The minimum atomic E-state index is -0.793. The molecule has 0 radical (unpaired) electrons. The van der Waals surface area contributed by atoms with Crippen LogP contribution in [0.15, 0.2) is 122 Å².